The van der Waals surface area contributed by atoms with E-state index in [9.17, 15) is 19.8 Å². The molecule has 146 valence electrons. The van der Waals surface area contributed by atoms with Gasteiger partial charge in [-0.15, -0.1) is 6.58 Å². The molecule has 0 aromatic heterocycles. The number of methoxy groups -OCH3 is 1. The molecule has 0 aromatic carbocycles. The lowest BCUT2D eigenvalue weighted by Crippen LogP contribution is -2.54. The summed E-state index contributed by atoms with van der Waals surface area (Å²) in [5.74, 6) is -2.93. The number of carbonyl (C=O) groups excluding carboxylic acids is 2. The third-order valence-electron chi connectivity index (χ3n) is 5.16. The highest BCUT2D eigenvalue weighted by atomic mass is 16.5. The number of allylic oxidation sites excluding steroid dienone is 1. The Labute approximate surface area is 155 Å². The van der Waals surface area contributed by atoms with Gasteiger partial charge in [0.2, 0.25) is 0 Å². The maximum atomic E-state index is 12.2. The first kappa shape index (κ1) is 22.1. The summed E-state index contributed by atoms with van der Waals surface area (Å²) in [7, 11) is 1.22. The van der Waals surface area contributed by atoms with Crippen molar-refractivity contribution in [2.45, 2.75) is 39.4 Å². The lowest BCUT2D eigenvalue weighted by atomic mass is 9.58. The molecule has 6 nitrogen and oxygen atoms in total. The van der Waals surface area contributed by atoms with Crippen molar-refractivity contribution < 1.29 is 29.3 Å². The molecule has 26 heavy (non-hydrogen) atoms. The molecule has 1 rings (SSSR count). The van der Waals surface area contributed by atoms with Crippen LogP contribution in [0.15, 0.2) is 37.0 Å². The van der Waals surface area contributed by atoms with E-state index in [1.54, 1.807) is 19.9 Å². The Kier molecular flexibility index (Phi) is 7.35. The van der Waals surface area contributed by atoms with Crippen LogP contribution >= 0.6 is 0 Å². The zero-order valence-electron chi connectivity index (χ0n) is 16.0. The maximum Gasteiger partial charge on any atom is 0.333 e. The first-order valence-corrected chi connectivity index (χ1v) is 8.61. The van der Waals surface area contributed by atoms with Gasteiger partial charge in [-0.3, -0.25) is 4.79 Å². The van der Waals surface area contributed by atoms with E-state index in [0.29, 0.717) is 12.0 Å². The summed E-state index contributed by atoms with van der Waals surface area (Å²) in [6, 6.07) is 0. The normalized spacial score (nSPS) is 31.2. The summed E-state index contributed by atoms with van der Waals surface area (Å²) < 4.78 is 10.3. The van der Waals surface area contributed by atoms with Crippen molar-refractivity contribution in [2.75, 3.05) is 13.7 Å². The van der Waals surface area contributed by atoms with Crippen LogP contribution in [0.25, 0.3) is 0 Å². The molecule has 1 aliphatic carbocycles. The summed E-state index contributed by atoms with van der Waals surface area (Å²) in [6.07, 6.45) is 0.0334. The first-order valence-electron chi connectivity index (χ1n) is 8.61. The van der Waals surface area contributed by atoms with E-state index in [1.807, 2.05) is 6.92 Å². The third-order valence-corrected chi connectivity index (χ3v) is 5.16. The number of aliphatic hydroxyl groups is 2. The Morgan fingerprint density at radius 2 is 1.92 bits per heavy atom. The van der Waals surface area contributed by atoms with Crippen molar-refractivity contribution in [1.82, 2.24) is 0 Å². The molecular formula is C20H30O6. The highest BCUT2D eigenvalue weighted by Gasteiger charge is 2.53. The minimum atomic E-state index is -1.15. The molecule has 1 saturated carbocycles. The summed E-state index contributed by atoms with van der Waals surface area (Å²) >= 11 is 0. The fraction of sp³-hybridized carbons (Fsp3) is 0.600. The van der Waals surface area contributed by atoms with Crippen LogP contribution in [0.4, 0.5) is 0 Å². The lowest BCUT2D eigenvalue weighted by molar-refractivity contribution is -0.168. The Balaban J connectivity index is 3.39. The zero-order valence-corrected chi connectivity index (χ0v) is 16.0. The van der Waals surface area contributed by atoms with Gasteiger partial charge in [0, 0.05) is 11.5 Å². The number of hydrogen-bond donors (Lipinski definition) is 2. The fourth-order valence-corrected chi connectivity index (χ4v) is 3.62. The van der Waals surface area contributed by atoms with Gasteiger partial charge < -0.3 is 19.7 Å². The molecule has 0 spiro atoms. The number of rotatable bonds is 7. The van der Waals surface area contributed by atoms with Crippen molar-refractivity contribution >= 4 is 11.9 Å². The van der Waals surface area contributed by atoms with Gasteiger partial charge in [0.15, 0.2) is 0 Å². The Morgan fingerprint density at radius 3 is 2.35 bits per heavy atom. The molecule has 5 atom stereocenters. The number of hydrogen-bond acceptors (Lipinski definition) is 6. The number of aliphatic hydroxyl groups excluding tert-OH is 2. The van der Waals surface area contributed by atoms with E-state index in [-0.39, 0.29) is 18.1 Å². The van der Waals surface area contributed by atoms with E-state index < -0.39 is 41.4 Å². The van der Waals surface area contributed by atoms with Crippen LogP contribution in [-0.4, -0.2) is 48.1 Å². The minimum Gasteiger partial charge on any atom is -0.466 e. The van der Waals surface area contributed by atoms with E-state index in [1.165, 1.54) is 7.11 Å². The second-order valence-corrected chi connectivity index (χ2v) is 7.37. The van der Waals surface area contributed by atoms with Crippen molar-refractivity contribution in [2.24, 2.45) is 23.2 Å². The average molecular weight is 366 g/mol. The molecule has 1 aliphatic rings. The molecule has 0 bridgehead atoms. The van der Waals surface area contributed by atoms with Crippen molar-refractivity contribution in [3.8, 4) is 0 Å². The van der Waals surface area contributed by atoms with Crippen LogP contribution in [0.3, 0.4) is 0 Å². The van der Waals surface area contributed by atoms with Gasteiger partial charge >= 0.3 is 11.9 Å². The van der Waals surface area contributed by atoms with Gasteiger partial charge in [0.05, 0.1) is 31.7 Å². The van der Waals surface area contributed by atoms with Crippen molar-refractivity contribution in [1.29, 1.82) is 0 Å². The van der Waals surface area contributed by atoms with E-state index in [0.717, 1.165) is 0 Å². The van der Waals surface area contributed by atoms with E-state index >= 15 is 0 Å². The van der Waals surface area contributed by atoms with Crippen molar-refractivity contribution in [3.63, 3.8) is 0 Å². The van der Waals surface area contributed by atoms with Gasteiger partial charge in [-0.25, -0.2) is 4.79 Å². The molecule has 0 aliphatic heterocycles. The minimum absolute atomic E-state index is 0.0170. The zero-order chi connectivity index (χ0) is 20.2. The fourth-order valence-electron chi connectivity index (χ4n) is 3.62. The predicted molar refractivity (Wildman–Crippen MR) is 98.0 cm³/mol. The summed E-state index contributed by atoms with van der Waals surface area (Å²) in [5.41, 5.74) is -0.256. The second-order valence-electron chi connectivity index (χ2n) is 7.37. The van der Waals surface area contributed by atoms with Crippen LogP contribution in [-0.2, 0) is 19.1 Å². The predicted octanol–water partition coefficient (Wildman–Crippen LogP) is 2.02. The monoisotopic (exact) mass is 366 g/mol. The Bertz CT molecular complexity index is 593. The van der Waals surface area contributed by atoms with Crippen LogP contribution in [0.2, 0.25) is 0 Å². The van der Waals surface area contributed by atoms with Gasteiger partial charge in [0.1, 0.15) is 6.10 Å². The molecule has 0 aromatic rings. The number of esters is 2. The average Bonchev–Trinajstić information content (AvgIpc) is 2.59. The van der Waals surface area contributed by atoms with Gasteiger partial charge in [-0.1, -0.05) is 40.0 Å². The Hall–Kier alpha value is -1.92. The van der Waals surface area contributed by atoms with Crippen LogP contribution < -0.4 is 0 Å². The van der Waals surface area contributed by atoms with E-state index in [4.69, 9.17) is 9.47 Å². The molecule has 2 N–H and O–H groups in total. The maximum absolute atomic E-state index is 12.2. The number of carbonyl (C=O) groups is 2. The van der Waals surface area contributed by atoms with Crippen molar-refractivity contribution in [3.05, 3.63) is 37.0 Å². The van der Waals surface area contributed by atoms with Crippen LogP contribution in [0.1, 0.15) is 27.2 Å². The molecule has 0 radical (unpaired) electrons. The number of ether oxygens (including phenoxy) is 2. The molecule has 0 heterocycles. The Morgan fingerprint density at radius 1 is 1.35 bits per heavy atom. The SMILES string of the molecule is C=C[C@@]1(C)C[C@H](OC(=O)C(C)C)[C@H](C(=C)C(=O)OC)[C@H](O)[C@H]1C(=C)CO. The van der Waals surface area contributed by atoms with Crippen LogP contribution in [0.5, 0.6) is 0 Å². The smallest absolute Gasteiger partial charge is 0.333 e. The van der Waals surface area contributed by atoms with Crippen LogP contribution in [0, 0.1) is 23.2 Å². The summed E-state index contributed by atoms with van der Waals surface area (Å²) in [5, 5.41) is 20.6. The summed E-state index contributed by atoms with van der Waals surface area (Å²) in [4.78, 5) is 24.2. The first-order chi connectivity index (χ1) is 12.0. The van der Waals surface area contributed by atoms with E-state index in [2.05, 4.69) is 19.7 Å². The summed E-state index contributed by atoms with van der Waals surface area (Å²) in [6.45, 7) is 16.4. The van der Waals surface area contributed by atoms with Gasteiger partial charge in [0.25, 0.3) is 0 Å². The standard InChI is InChI=1S/C20H30O6/c1-8-20(6)9-14(26-18(23)11(2)3)15(13(5)19(24)25-7)17(22)16(20)12(4)10-21/h8,11,14-17,21-22H,1,4-5,9-10H2,2-3,6-7H3/t14-,15-,16+,17-,20-/m0/s1. The lowest BCUT2D eigenvalue weighted by Gasteiger charge is -2.50. The molecule has 1 fully saturated rings. The quantitative estimate of drug-likeness (QED) is 0.407. The molecule has 6 heteroatoms. The third kappa shape index (κ3) is 4.24. The largest absolute Gasteiger partial charge is 0.466 e. The van der Waals surface area contributed by atoms with Gasteiger partial charge in [-0.05, 0) is 17.4 Å². The van der Waals surface area contributed by atoms with Gasteiger partial charge in [-0.2, -0.15) is 0 Å². The molecule has 0 amide bonds. The topological polar surface area (TPSA) is 93.1 Å². The second kappa shape index (κ2) is 8.64. The highest BCUT2D eigenvalue weighted by molar-refractivity contribution is 5.88. The molecule has 0 unspecified atom stereocenters. The molecular weight excluding hydrogens is 336 g/mol. The molecule has 0 saturated heterocycles. The highest BCUT2D eigenvalue weighted by Crippen LogP contribution is 2.50.